The highest BCUT2D eigenvalue weighted by Gasteiger charge is 2.30. The van der Waals surface area contributed by atoms with E-state index in [-0.39, 0.29) is 12.0 Å². The van der Waals surface area contributed by atoms with Crippen LogP contribution in [-0.4, -0.2) is 49.7 Å². The van der Waals surface area contributed by atoms with Crippen LogP contribution in [0.4, 0.5) is 0 Å². The van der Waals surface area contributed by atoms with Crippen LogP contribution in [0.2, 0.25) is 0 Å². The molecule has 1 saturated carbocycles. The number of likely N-dealkylation sites (tertiary alicyclic amines) is 1. The lowest BCUT2D eigenvalue weighted by atomic mass is 10.1. The molecule has 0 aromatic rings. The summed E-state index contributed by atoms with van der Waals surface area (Å²) in [6.07, 6.45) is 6.26. The Bertz CT molecular complexity index is 235. The van der Waals surface area contributed by atoms with E-state index in [4.69, 9.17) is 4.74 Å². The molecular formula is C12H22N2O2. The second-order valence-electron chi connectivity index (χ2n) is 4.88. The molecule has 1 aliphatic heterocycles. The number of esters is 1. The van der Waals surface area contributed by atoms with Gasteiger partial charge >= 0.3 is 5.97 Å². The molecule has 2 rings (SSSR count). The minimum Gasteiger partial charge on any atom is -0.468 e. The molecule has 4 heteroatoms. The van der Waals surface area contributed by atoms with Gasteiger partial charge in [0, 0.05) is 12.6 Å². The van der Waals surface area contributed by atoms with Gasteiger partial charge in [-0.3, -0.25) is 4.79 Å². The summed E-state index contributed by atoms with van der Waals surface area (Å²) >= 11 is 0. The minimum absolute atomic E-state index is 0.113. The number of nitrogens with zero attached hydrogens (tertiary/aromatic N) is 1. The maximum atomic E-state index is 11.6. The molecule has 4 nitrogen and oxygen atoms in total. The van der Waals surface area contributed by atoms with Crippen LogP contribution >= 0.6 is 0 Å². The predicted molar refractivity (Wildman–Crippen MR) is 62.3 cm³/mol. The van der Waals surface area contributed by atoms with E-state index in [0.29, 0.717) is 6.04 Å². The molecule has 1 heterocycles. The number of rotatable bonds is 5. The van der Waals surface area contributed by atoms with Crippen LogP contribution in [-0.2, 0) is 9.53 Å². The van der Waals surface area contributed by atoms with Crippen LogP contribution in [0, 0.1) is 0 Å². The van der Waals surface area contributed by atoms with Gasteiger partial charge in [0.1, 0.15) is 6.04 Å². The van der Waals surface area contributed by atoms with Crippen molar-refractivity contribution in [3.8, 4) is 0 Å². The molecule has 0 aromatic carbocycles. The predicted octanol–water partition coefficient (Wildman–Crippen LogP) is 0.766. The van der Waals surface area contributed by atoms with E-state index in [1.165, 1.54) is 39.2 Å². The average Bonchev–Trinajstić information content (AvgIpc) is 3.12. The summed E-state index contributed by atoms with van der Waals surface area (Å²) in [5.41, 5.74) is 0. The summed E-state index contributed by atoms with van der Waals surface area (Å²) in [6.45, 7) is 3.06. The van der Waals surface area contributed by atoms with Gasteiger partial charge in [0.25, 0.3) is 0 Å². The smallest absolute Gasteiger partial charge is 0.324 e. The van der Waals surface area contributed by atoms with Gasteiger partial charge in [-0.25, -0.2) is 0 Å². The third-order valence-electron chi connectivity index (χ3n) is 3.39. The first-order valence-electron chi connectivity index (χ1n) is 6.36. The zero-order chi connectivity index (χ0) is 11.4. The van der Waals surface area contributed by atoms with Crippen molar-refractivity contribution in [2.75, 3.05) is 26.7 Å². The number of nitrogens with one attached hydrogen (secondary N) is 1. The Hall–Kier alpha value is -0.610. The molecule has 1 saturated heterocycles. The maximum Gasteiger partial charge on any atom is 0.324 e. The monoisotopic (exact) mass is 226 g/mol. The van der Waals surface area contributed by atoms with E-state index >= 15 is 0 Å². The van der Waals surface area contributed by atoms with E-state index < -0.39 is 0 Å². The lowest BCUT2D eigenvalue weighted by Crippen LogP contribution is -2.48. The molecule has 1 unspecified atom stereocenters. The lowest BCUT2D eigenvalue weighted by Gasteiger charge is -2.29. The first-order valence-corrected chi connectivity index (χ1v) is 6.36. The third-order valence-corrected chi connectivity index (χ3v) is 3.39. The molecule has 2 aliphatic rings. The standard InChI is InChI=1S/C12H22N2O2/c1-16-12(15)11(13-10-5-6-10)9-14-7-3-2-4-8-14/h10-11,13H,2-9H2,1H3. The normalized spacial score (nSPS) is 24.1. The van der Waals surface area contributed by atoms with Crippen molar-refractivity contribution in [1.29, 1.82) is 0 Å². The van der Waals surface area contributed by atoms with E-state index in [1.807, 2.05) is 0 Å². The minimum atomic E-state index is -0.129. The van der Waals surface area contributed by atoms with Crippen molar-refractivity contribution in [3.63, 3.8) is 0 Å². The number of ether oxygens (including phenoxy) is 1. The van der Waals surface area contributed by atoms with Crippen molar-refractivity contribution in [2.45, 2.75) is 44.2 Å². The van der Waals surface area contributed by atoms with Gasteiger partial charge in [0.15, 0.2) is 0 Å². The number of carbonyl (C=O) groups excluding carboxylic acids is 1. The Kier molecular flexibility index (Phi) is 4.18. The molecule has 1 aliphatic carbocycles. The zero-order valence-electron chi connectivity index (χ0n) is 10.1. The van der Waals surface area contributed by atoms with Gasteiger partial charge in [-0.2, -0.15) is 0 Å². The quantitative estimate of drug-likeness (QED) is 0.703. The SMILES string of the molecule is COC(=O)C(CN1CCCCC1)NC1CC1. The molecule has 2 fully saturated rings. The fourth-order valence-corrected chi connectivity index (χ4v) is 2.27. The molecule has 1 N–H and O–H groups in total. The Morgan fingerprint density at radius 3 is 2.62 bits per heavy atom. The fourth-order valence-electron chi connectivity index (χ4n) is 2.27. The third kappa shape index (κ3) is 3.46. The summed E-state index contributed by atoms with van der Waals surface area (Å²) in [5.74, 6) is -0.113. The molecule has 0 radical (unpaired) electrons. The summed E-state index contributed by atoms with van der Waals surface area (Å²) in [5, 5.41) is 3.37. The number of methoxy groups -OCH3 is 1. The highest BCUT2D eigenvalue weighted by Crippen LogP contribution is 2.20. The fraction of sp³-hybridized carbons (Fsp3) is 0.917. The van der Waals surface area contributed by atoms with Crippen LogP contribution in [0.15, 0.2) is 0 Å². The molecule has 92 valence electrons. The largest absolute Gasteiger partial charge is 0.468 e. The van der Waals surface area contributed by atoms with Crippen LogP contribution in [0.5, 0.6) is 0 Å². The highest BCUT2D eigenvalue weighted by atomic mass is 16.5. The molecule has 0 bridgehead atoms. The Balaban J connectivity index is 1.81. The molecule has 0 amide bonds. The first-order chi connectivity index (χ1) is 7.79. The van der Waals surface area contributed by atoms with Crippen LogP contribution in [0.3, 0.4) is 0 Å². The van der Waals surface area contributed by atoms with E-state index in [9.17, 15) is 4.79 Å². The molecule has 0 aromatic heterocycles. The van der Waals surface area contributed by atoms with Gasteiger partial charge in [0.05, 0.1) is 7.11 Å². The molecule has 16 heavy (non-hydrogen) atoms. The number of hydrogen-bond acceptors (Lipinski definition) is 4. The number of piperidine rings is 1. The van der Waals surface area contributed by atoms with Crippen molar-refractivity contribution in [1.82, 2.24) is 10.2 Å². The van der Waals surface area contributed by atoms with Crippen molar-refractivity contribution in [3.05, 3.63) is 0 Å². The topological polar surface area (TPSA) is 41.6 Å². The second kappa shape index (κ2) is 5.64. The Morgan fingerprint density at radius 2 is 2.06 bits per heavy atom. The van der Waals surface area contributed by atoms with Gasteiger partial charge in [0.2, 0.25) is 0 Å². The second-order valence-corrected chi connectivity index (χ2v) is 4.88. The Labute approximate surface area is 97.3 Å². The molecule has 0 spiro atoms. The zero-order valence-corrected chi connectivity index (χ0v) is 10.1. The number of carbonyl (C=O) groups is 1. The van der Waals surface area contributed by atoms with Crippen LogP contribution in [0.25, 0.3) is 0 Å². The van der Waals surface area contributed by atoms with Crippen molar-refractivity contribution >= 4 is 5.97 Å². The van der Waals surface area contributed by atoms with Crippen molar-refractivity contribution in [2.24, 2.45) is 0 Å². The molecular weight excluding hydrogens is 204 g/mol. The van der Waals surface area contributed by atoms with Gasteiger partial charge in [-0.1, -0.05) is 6.42 Å². The van der Waals surface area contributed by atoms with Crippen LogP contribution < -0.4 is 5.32 Å². The van der Waals surface area contributed by atoms with E-state index in [1.54, 1.807) is 0 Å². The van der Waals surface area contributed by atoms with E-state index in [2.05, 4.69) is 10.2 Å². The van der Waals surface area contributed by atoms with Gasteiger partial charge in [-0.05, 0) is 38.8 Å². The Morgan fingerprint density at radius 1 is 1.38 bits per heavy atom. The summed E-state index contributed by atoms with van der Waals surface area (Å²) in [4.78, 5) is 14.0. The van der Waals surface area contributed by atoms with Gasteiger partial charge in [-0.15, -0.1) is 0 Å². The highest BCUT2D eigenvalue weighted by molar-refractivity contribution is 5.76. The van der Waals surface area contributed by atoms with E-state index in [0.717, 1.165) is 19.6 Å². The summed E-state index contributed by atoms with van der Waals surface area (Å²) in [6, 6.07) is 0.421. The maximum absolute atomic E-state index is 11.6. The lowest BCUT2D eigenvalue weighted by molar-refractivity contribution is -0.143. The average molecular weight is 226 g/mol. The van der Waals surface area contributed by atoms with Crippen LogP contribution in [0.1, 0.15) is 32.1 Å². The first kappa shape index (κ1) is 11.9. The summed E-state index contributed by atoms with van der Waals surface area (Å²) in [7, 11) is 1.47. The summed E-state index contributed by atoms with van der Waals surface area (Å²) < 4.78 is 4.85. The number of hydrogen-bond donors (Lipinski definition) is 1. The van der Waals surface area contributed by atoms with Crippen molar-refractivity contribution < 1.29 is 9.53 Å². The van der Waals surface area contributed by atoms with Gasteiger partial charge < -0.3 is 15.0 Å². The molecule has 1 atom stereocenters.